The number of rotatable bonds is 3. The lowest BCUT2D eigenvalue weighted by Gasteiger charge is -2.31. The number of aliphatic hydroxyl groups is 1. The van der Waals surface area contributed by atoms with Gasteiger partial charge in [-0.15, -0.1) is 0 Å². The lowest BCUT2D eigenvalue weighted by Crippen LogP contribution is -2.38. The summed E-state index contributed by atoms with van der Waals surface area (Å²) >= 11 is 1.97. The van der Waals surface area contributed by atoms with Gasteiger partial charge in [-0.25, -0.2) is 0 Å². The van der Waals surface area contributed by atoms with E-state index in [4.69, 9.17) is 10.8 Å². The molecular formula is C8H17NOS. The smallest absolute Gasteiger partial charge is 0.0499 e. The van der Waals surface area contributed by atoms with Gasteiger partial charge in [0.1, 0.15) is 0 Å². The first-order valence-electron chi connectivity index (χ1n) is 4.11. The average molecular weight is 175 g/mol. The van der Waals surface area contributed by atoms with E-state index < -0.39 is 0 Å². The predicted molar refractivity (Wildman–Crippen MR) is 49.7 cm³/mol. The largest absolute Gasteiger partial charge is 0.396 e. The van der Waals surface area contributed by atoms with Crippen LogP contribution in [0.25, 0.3) is 0 Å². The molecule has 2 atom stereocenters. The summed E-state index contributed by atoms with van der Waals surface area (Å²) in [6.07, 6.45) is 1.22. The van der Waals surface area contributed by atoms with Gasteiger partial charge < -0.3 is 10.8 Å². The molecule has 1 fully saturated rings. The van der Waals surface area contributed by atoms with Crippen molar-refractivity contribution in [2.45, 2.75) is 13.3 Å². The van der Waals surface area contributed by atoms with Crippen molar-refractivity contribution in [2.75, 3.05) is 24.7 Å². The number of thioether (sulfide) groups is 1. The van der Waals surface area contributed by atoms with Gasteiger partial charge in [-0.1, -0.05) is 6.92 Å². The number of aliphatic hydroxyl groups excluding tert-OH is 1. The zero-order valence-electron chi connectivity index (χ0n) is 7.05. The quantitative estimate of drug-likeness (QED) is 0.663. The van der Waals surface area contributed by atoms with Gasteiger partial charge in [-0.3, -0.25) is 0 Å². The lowest BCUT2D eigenvalue weighted by atomic mass is 9.77. The van der Waals surface area contributed by atoms with Crippen LogP contribution in [0.4, 0.5) is 0 Å². The van der Waals surface area contributed by atoms with E-state index in [2.05, 4.69) is 6.92 Å². The molecule has 66 valence electrons. The highest BCUT2D eigenvalue weighted by atomic mass is 32.2. The van der Waals surface area contributed by atoms with Gasteiger partial charge in [0, 0.05) is 18.6 Å². The maximum atomic E-state index is 9.16. The van der Waals surface area contributed by atoms with Crippen molar-refractivity contribution in [1.82, 2.24) is 0 Å². The van der Waals surface area contributed by atoms with Gasteiger partial charge in [0.15, 0.2) is 0 Å². The topological polar surface area (TPSA) is 46.2 Å². The second-order valence-corrected chi connectivity index (χ2v) is 4.73. The monoisotopic (exact) mass is 175 g/mol. The van der Waals surface area contributed by atoms with E-state index in [-0.39, 0.29) is 12.0 Å². The fraction of sp³-hybridized carbons (Fsp3) is 1.00. The first kappa shape index (κ1) is 9.36. The number of hydrogen-bond donors (Lipinski definition) is 2. The average Bonchev–Trinajstić information content (AvgIpc) is 2.55. The predicted octanol–water partition coefficient (Wildman–Crippen LogP) is 0.697. The highest BCUT2D eigenvalue weighted by molar-refractivity contribution is 7.99. The molecule has 0 aliphatic carbocycles. The Labute approximate surface area is 72.5 Å². The number of nitrogens with two attached hydrogens (primary N) is 1. The van der Waals surface area contributed by atoms with Crippen molar-refractivity contribution in [3.05, 3.63) is 0 Å². The van der Waals surface area contributed by atoms with E-state index in [1.54, 1.807) is 0 Å². The molecule has 3 heteroatoms. The van der Waals surface area contributed by atoms with E-state index in [0.717, 1.165) is 0 Å². The number of hydrogen-bond acceptors (Lipinski definition) is 3. The summed E-state index contributed by atoms with van der Waals surface area (Å²) in [5.74, 6) is 3.04. The third-order valence-electron chi connectivity index (χ3n) is 2.74. The molecule has 0 saturated carbocycles. The van der Waals surface area contributed by atoms with Gasteiger partial charge in [0.25, 0.3) is 0 Å². The molecular weight excluding hydrogens is 158 g/mol. The fourth-order valence-electron chi connectivity index (χ4n) is 1.44. The first-order valence-corrected chi connectivity index (χ1v) is 5.27. The highest BCUT2D eigenvalue weighted by Crippen LogP contribution is 2.37. The van der Waals surface area contributed by atoms with Crippen molar-refractivity contribution in [3.63, 3.8) is 0 Å². The van der Waals surface area contributed by atoms with E-state index >= 15 is 0 Å². The summed E-state index contributed by atoms with van der Waals surface area (Å²) in [5.41, 5.74) is 5.60. The molecule has 3 N–H and O–H groups in total. The molecule has 0 spiro atoms. The Hall–Kier alpha value is 0.270. The molecule has 11 heavy (non-hydrogen) atoms. The van der Waals surface area contributed by atoms with Crippen molar-refractivity contribution in [3.8, 4) is 0 Å². The molecule has 2 nitrogen and oxygen atoms in total. The Kier molecular flexibility index (Phi) is 3.22. The minimum absolute atomic E-state index is 0.0243. The zero-order chi connectivity index (χ0) is 8.32. The van der Waals surface area contributed by atoms with E-state index in [9.17, 15) is 0 Å². The van der Waals surface area contributed by atoms with Gasteiger partial charge >= 0.3 is 0 Å². The molecule has 0 aromatic heterocycles. The van der Waals surface area contributed by atoms with E-state index in [1.165, 1.54) is 17.9 Å². The van der Waals surface area contributed by atoms with Crippen LogP contribution in [-0.2, 0) is 0 Å². The van der Waals surface area contributed by atoms with E-state index in [1.807, 2.05) is 11.8 Å². The molecule has 0 aromatic rings. The SMILES string of the molecule is CC(CN)(CO)C1CCSC1. The molecule has 0 radical (unpaired) electrons. The minimum Gasteiger partial charge on any atom is -0.396 e. The summed E-state index contributed by atoms with van der Waals surface area (Å²) < 4.78 is 0. The van der Waals surface area contributed by atoms with Crippen LogP contribution in [0.15, 0.2) is 0 Å². The first-order chi connectivity index (χ1) is 5.23. The van der Waals surface area contributed by atoms with Crippen LogP contribution in [0.5, 0.6) is 0 Å². The second-order valence-electron chi connectivity index (χ2n) is 3.58. The van der Waals surface area contributed by atoms with Crippen LogP contribution in [0.3, 0.4) is 0 Å². The molecule has 1 rings (SSSR count). The van der Waals surface area contributed by atoms with Crippen LogP contribution in [0.1, 0.15) is 13.3 Å². The highest BCUT2D eigenvalue weighted by Gasteiger charge is 2.34. The summed E-state index contributed by atoms with van der Waals surface area (Å²) in [4.78, 5) is 0. The molecule has 1 saturated heterocycles. The molecule has 1 heterocycles. The molecule has 2 unspecified atom stereocenters. The van der Waals surface area contributed by atoms with E-state index in [0.29, 0.717) is 12.5 Å². The molecule has 0 bridgehead atoms. The van der Waals surface area contributed by atoms with Crippen LogP contribution >= 0.6 is 11.8 Å². The Balaban J connectivity index is 2.52. The summed E-state index contributed by atoms with van der Waals surface area (Å²) in [6.45, 7) is 2.92. The molecule has 0 amide bonds. The standard InChI is InChI=1S/C8H17NOS/c1-8(5-9,6-10)7-2-3-11-4-7/h7,10H,2-6,9H2,1H3. The van der Waals surface area contributed by atoms with Crippen LogP contribution < -0.4 is 5.73 Å². The Morgan fingerprint density at radius 1 is 1.73 bits per heavy atom. The van der Waals surface area contributed by atoms with Crippen molar-refractivity contribution in [1.29, 1.82) is 0 Å². The second kappa shape index (κ2) is 3.78. The third-order valence-corrected chi connectivity index (χ3v) is 3.91. The van der Waals surface area contributed by atoms with Crippen LogP contribution in [0, 0.1) is 11.3 Å². The molecule has 1 aliphatic heterocycles. The minimum atomic E-state index is -0.0243. The third kappa shape index (κ3) is 1.89. The Morgan fingerprint density at radius 2 is 2.45 bits per heavy atom. The fourth-order valence-corrected chi connectivity index (χ4v) is 2.92. The van der Waals surface area contributed by atoms with Crippen LogP contribution in [0.2, 0.25) is 0 Å². The molecule has 0 aromatic carbocycles. The zero-order valence-corrected chi connectivity index (χ0v) is 7.86. The summed E-state index contributed by atoms with van der Waals surface area (Å²) in [5, 5.41) is 9.16. The summed E-state index contributed by atoms with van der Waals surface area (Å²) in [7, 11) is 0. The van der Waals surface area contributed by atoms with Gasteiger partial charge in [0.2, 0.25) is 0 Å². The van der Waals surface area contributed by atoms with Gasteiger partial charge in [-0.2, -0.15) is 11.8 Å². The summed E-state index contributed by atoms with van der Waals surface area (Å²) in [6, 6.07) is 0. The lowest BCUT2D eigenvalue weighted by molar-refractivity contribution is 0.0977. The Morgan fingerprint density at radius 3 is 2.82 bits per heavy atom. The van der Waals surface area contributed by atoms with Crippen LogP contribution in [-0.4, -0.2) is 29.8 Å². The maximum Gasteiger partial charge on any atom is 0.0499 e. The normalized spacial score (nSPS) is 30.3. The van der Waals surface area contributed by atoms with Crippen molar-refractivity contribution < 1.29 is 5.11 Å². The van der Waals surface area contributed by atoms with Gasteiger partial charge in [-0.05, 0) is 23.8 Å². The van der Waals surface area contributed by atoms with Crippen molar-refractivity contribution >= 4 is 11.8 Å². The maximum absolute atomic E-state index is 9.16. The molecule has 1 aliphatic rings. The Bertz CT molecular complexity index is 119. The van der Waals surface area contributed by atoms with Crippen molar-refractivity contribution in [2.24, 2.45) is 17.1 Å². The van der Waals surface area contributed by atoms with Gasteiger partial charge in [0.05, 0.1) is 0 Å².